The first-order chi connectivity index (χ1) is 9.15. The highest BCUT2D eigenvalue weighted by molar-refractivity contribution is 5.80. The largest absolute Gasteiger partial charge is 0.481 e. The van der Waals surface area contributed by atoms with Gasteiger partial charge >= 0.3 is 5.97 Å². The topological polar surface area (TPSA) is 78.4 Å². The number of carbonyl (C=O) groups excluding carboxylic acids is 1. The standard InChI is InChI=1S/C15H28N2O3/c1-14(2,3)16-10-8-12(18)17-11-7-5-6-9-15(11,4)13(19)20/h11,16H,5-10H2,1-4H3,(H,17,18)(H,19,20). The normalized spacial score (nSPS) is 27.1. The predicted octanol–water partition coefficient (Wildman–Crippen LogP) is 1.91. The van der Waals surface area contributed by atoms with Crippen molar-refractivity contribution >= 4 is 11.9 Å². The van der Waals surface area contributed by atoms with Crippen molar-refractivity contribution in [3.63, 3.8) is 0 Å². The first kappa shape index (κ1) is 17.0. The van der Waals surface area contributed by atoms with Crippen LogP contribution in [-0.2, 0) is 9.59 Å². The van der Waals surface area contributed by atoms with Crippen LogP contribution in [0.5, 0.6) is 0 Å². The Balaban J connectivity index is 2.49. The Kier molecular flexibility index (Phi) is 5.57. The third-order valence-corrected chi connectivity index (χ3v) is 4.04. The Morgan fingerprint density at radius 3 is 2.50 bits per heavy atom. The molecule has 5 nitrogen and oxygen atoms in total. The van der Waals surface area contributed by atoms with Crippen LogP contribution in [0.4, 0.5) is 0 Å². The molecule has 0 spiro atoms. The van der Waals surface area contributed by atoms with Gasteiger partial charge in [-0.2, -0.15) is 0 Å². The molecule has 1 amide bonds. The molecule has 5 heteroatoms. The lowest BCUT2D eigenvalue weighted by molar-refractivity contribution is -0.152. The van der Waals surface area contributed by atoms with E-state index >= 15 is 0 Å². The lowest BCUT2D eigenvalue weighted by Crippen LogP contribution is -2.52. The van der Waals surface area contributed by atoms with Gasteiger partial charge in [-0.3, -0.25) is 9.59 Å². The molecular weight excluding hydrogens is 256 g/mol. The van der Waals surface area contributed by atoms with Gasteiger partial charge in [0, 0.05) is 24.5 Å². The maximum Gasteiger partial charge on any atom is 0.311 e. The average Bonchev–Trinajstić information content (AvgIpc) is 2.30. The molecule has 2 unspecified atom stereocenters. The summed E-state index contributed by atoms with van der Waals surface area (Å²) in [7, 11) is 0. The van der Waals surface area contributed by atoms with Gasteiger partial charge in [0.2, 0.25) is 5.91 Å². The van der Waals surface area contributed by atoms with Gasteiger partial charge < -0.3 is 15.7 Å². The summed E-state index contributed by atoms with van der Waals surface area (Å²) in [6, 6.07) is -0.254. The molecule has 1 rings (SSSR count). The van der Waals surface area contributed by atoms with E-state index in [2.05, 4.69) is 10.6 Å². The number of nitrogens with one attached hydrogen (secondary N) is 2. The van der Waals surface area contributed by atoms with Crippen molar-refractivity contribution in [2.75, 3.05) is 6.54 Å². The molecule has 1 aliphatic carbocycles. The zero-order valence-corrected chi connectivity index (χ0v) is 13.1. The first-order valence-corrected chi connectivity index (χ1v) is 7.43. The smallest absolute Gasteiger partial charge is 0.311 e. The highest BCUT2D eigenvalue weighted by atomic mass is 16.4. The number of hydrogen-bond acceptors (Lipinski definition) is 3. The molecule has 0 aromatic carbocycles. The highest BCUT2D eigenvalue weighted by Crippen LogP contribution is 2.36. The van der Waals surface area contributed by atoms with Crippen molar-refractivity contribution in [2.45, 2.75) is 71.4 Å². The maximum absolute atomic E-state index is 12.0. The summed E-state index contributed by atoms with van der Waals surface area (Å²) < 4.78 is 0. The summed E-state index contributed by atoms with van der Waals surface area (Å²) in [6.07, 6.45) is 3.66. The van der Waals surface area contributed by atoms with Crippen molar-refractivity contribution in [1.29, 1.82) is 0 Å². The fraction of sp³-hybridized carbons (Fsp3) is 0.867. The Morgan fingerprint density at radius 2 is 1.95 bits per heavy atom. The van der Waals surface area contributed by atoms with Crippen LogP contribution in [0.25, 0.3) is 0 Å². The monoisotopic (exact) mass is 284 g/mol. The molecule has 0 aromatic rings. The molecule has 116 valence electrons. The van der Waals surface area contributed by atoms with Crippen molar-refractivity contribution in [3.8, 4) is 0 Å². The third kappa shape index (κ3) is 4.78. The number of hydrogen-bond donors (Lipinski definition) is 3. The van der Waals surface area contributed by atoms with Gasteiger partial charge in [-0.25, -0.2) is 0 Å². The van der Waals surface area contributed by atoms with Crippen molar-refractivity contribution < 1.29 is 14.7 Å². The highest BCUT2D eigenvalue weighted by Gasteiger charge is 2.43. The van der Waals surface area contributed by atoms with Gasteiger partial charge in [0.05, 0.1) is 5.41 Å². The summed E-state index contributed by atoms with van der Waals surface area (Å²) in [6.45, 7) is 8.49. The van der Waals surface area contributed by atoms with Crippen molar-refractivity contribution in [3.05, 3.63) is 0 Å². The molecule has 1 saturated carbocycles. The minimum absolute atomic E-state index is 0.0132. The summed E-state index contributed by atoms with van der Waals surface area (Å²) in [5.74, 6) is -0.878. The second-order valence-corrected chi connectivity index (χ2v) is 7.02. The molecule has 1 fully saturated rings. The van der Waals surface area contributed by atoms with E-state index in [1.54, 1.807) is 6.92 Å². The zero-order chi connectivity index (χ0) is 15.4. The Bertz CT molecular complexity index is 363. The van der Waals surface area contributed by atoms with Crippen LogP contribution in [0, 0.1) is 5.41 Å². The van der Waals surface area contributed by atoms with E-state index < -0.39 is 11.4 Å². The minimum Gasteiger partial charge on any atom is -0.481 e. The number of carboxylic acid groups (broad SMARTS) is 1. The summed E-state index contributed by atoms with van der Waals surface area (Å²) >= 11 is 0. The average molecular weight is 284 g/mol. The van der Waals surface area contributed by atoms with Gasteiger partial charge in [0.25, 0.3) is 0 Å². The molecule has 0 aromatic heterocycles. The van der Waals surface area contributed by atoms with Crippen LogP contribution >= 0.6 is 0 Å². The molecular formula is C15H28N2O3. The summed E-state index contributed by atoms with van der Waals surface area (Å²) in [5.41, 5.74) is -0.841. The Labute approximate surface area is 121 Å². The van der Waals surface area contributed by atoms with E-state index in [4.69, 9.17) is 0 Å². The predicted molar refractivity (Wildman–Crippen MR) is 78.5 cm³/mol. The molecule has 1 aliphatic rings. The number of rotatable bonds is 5. The summed E-state index contributed by atoms with van der Waals surface area (Å²) in [5, 5.41) is 15.6. The van der Waals surface area contributed by atoms with E-state index in [-0.39, 0.29) is 17.5 Å². The Morgan fingerprint density at radius 1 is 1.30 bits per heavy atom. The van der Waals surface area contributed by atoms with E-state index in [1.807, 2.05) is 20.8 Å². The lowest BCUT2D eigenvalue weighted by atomic mass is 9.71. The molecule has 20 heavy (non-hydrogen) atoms. The summed E-state index contributed by atoms with van der Waals surface area (Å²) in [4.78, 5) is 23.4. The first-order valence-electron chi connectivity index (χ1n) is 7.43. The van der Waals surface area contributed by atoms with Crippen molar-refractivity contribution in [2.24, 2.45) is 5.41 Å². The minimum atomic E-state index is -0.828. The molecule has 0 radical (unpaired) electrons. The number of amides is 1. The van der Waals surface area contributed by atoms with Gasteiger partial charge in [-0.05, 0) is 40.5 Å². The van der Waals surface area contributed by atoms with Crippen LogP contribution in [0.2, 0.25) is 0 Å². The van der Waals surface area contributed by atoms with Crippen LogP contribution in [0.1, 0.15) is 59.8 Å². The van der Waals surface area contributed by atoms with E-state index in [0.717, 1.165) is 19.3 Å². The second-order valence-electron chi connectivity index (χ2n) is 7.02. The zero-order valence-electron chi connectivity index (χ0n) is 13.1. The van der Waals surface area contributed by atoms with Gasteiger partial charge in [-0.1, -0.05) is 12.8 Å². The Hall–Kier alpha value is -1.10. The third-order valence-electron chi connectivity index (χ3n) is 4.04. The maximum atomic E-state index is 12.0. The number of aliphatic carboxylic acids is 1. The molecule has 2 atom stereocenters. The van der Waals surface area contributed by atoms with Gasteiger partial charge in [0.15, 0.2) is 0 Å². The fourth-order valence-electron chi connectivity index (χ4n) is 2.64. The molecule has 0 bridgehead atoms. The SMILES string of the molecule is CC(C)(C)NCCC(=O)NC1CCCCC1(C)C(=O)O. The van der Waals surface area contributed by atoms with Crippen molar-refractivity contribution in [1.82, 2.24) is 10.6 Å². The lowest BCUT2D eigenvalue weighted by Gasteiger charge is -2.38. The van der Waals surface area contributed by atoms with E-state index in [1.165, 1.54) is 0 Å². The van der Waals surface area contributed by atoms with E-state index in [9.17, 15) is 14.7 Å². The van der Waals surface area contributed by atoms with E-state index in [0.29, 0.717) is 19.4 Å². The van der Waals surface area contributed by atoms with Crippen LogP contribution < -0.4 is 10.6 Å². The van der Waals surface area contributed by atoms with Crippen LogP contribution in [0.15, 0.2) is 0 Å². The fourth-order valence-corrected chi connectivity index (χ4v) is 2.64. The molecule has 0 aliphatic heterocycles. The molecule has 0 heterocycles. The second kappa shape index (κ2) is 6.57. The van der Waals surface area contributed by atoms with Crippen LogP contribution in [-0.4, -0.2) is 35.1 Å². The molecule has 0 saturated heterocycles. The van der Waals surface area contributed by atoms with Gasteiger partial charge in [-0.15, -0.1) is 0 Å². The quantitative estimate of drug-likeness (QED) is 0.720. The number of carboxylic acids is 1. The van der Waals surface area contributed by atoms with Gasteiger partial charge in [0.1, 0.15) is 0 Å². The van der Waals surface area contributed by atoms with Crippen LogP contribution in [0.3, 0.4) is 0 Å². The number of carbonyl (C=O) groups is 2. The molecule has 3 N–H and O–H groups in total.